The van der Waals surface area contributed by atoms with Crippen LogP contribution < -0.4 is 0 Å². The highest BCUT2D eigenvalue weighted by atomic mass is 32.2. The molecule has 1 aliphatic heterocycles. The highest BCUT2D eigenvalue weighted by molar-refractivity contribution is 7.92. The molecule has 8 heteroatoms. The van der Waals surface area contributed by atoms with Crippen LogP contribution in [0.1, 0.15) is 17.5 Å². The summed E-state index contributed by atoms with van der Waals surface area (Å²) >= 11 is 0. The summed E-state index contributed by atoms with van der Waals surface area (Å²) in [5.41, 5.74) is 0. The molecule has 0 saturated carbocycles. The summed E-state index contributed by atoms with van der Waals surface area (Å²) < 4.78 is 29.0. The maximum absolute atomic E-state index is 12.3. The summed E-state index contributed by atoms with van der Waals surface area (Å²) in [6.07, 6.45) is 2.71. The average Bonchev–Trinajstić information content (AvgIpc) is 3.07. The van der Waals surface area contributed by atoms with Crippen molar-refractivity contribution in [3.05, 3.63) is 36.8 Å². The number of hydrogen-bond acceptors (Lipinski definition) is 5. The van der Waals surface area contributed by atoms with Crippen LogP contribution in [-0.2, 0) is 14.6 Å². The quantitative estimate of drug-likeness (QED) is 0.731. The fourth-order valence-electron chi connectivity index (χ4n) is 2.41. The van der Waals surface area contributed by atoms with Gasteiger partial charge in [-0.3, -0.25) is 9.59 Å². The Labute approximate surface area is 135 Å². The van der Waals surface area contributed by atoms with Gasteiger partial charge in [0.1, 0.15) is 5.25 Å². The summed E-state index contributed by atoms with van der Waals surface area (Å²) in [5.74, 6) is -0.630. The first-order chi connectivity index (χ1) is 10.9. The molecule has 126 valence electrons. The lowest BCUT2D eigenvalue weighted by Gasteiger charge is -2.35. The number of amides is 2. The molecular formula is C15H20N2O5S. The molecule has 0 radical (unpaired) electrons. The number of carbonyl (C=O) groups excluding carboxylic acids is 2. The van der Waals surface area contributed by atoms with Crippen molar-refractivity contribution in [1.29, 1.82) is 0 Å². The first-order valence-electron chi connectivity index (χ1n) is 7.31. The molecule has 0 bridgehead atoms. The molecule has 1 aromatic rings. The summed E-state index contributed by atoms with van der Waals surface area (Å²) in [6.45, 7) is 6.09. The minimum atomic E-state index is -3.53. The molecule has 23 heavy (non-hydrogen) atoms. The molecule has 1 aromatic heterocycles. The molecule has 2 amide bonds. The highest BCUT2D eigenvalue weighted by Gasteiger charge is 2.33. The monoisotopic (exact) mass is 340 g/mol. The lowest BCUT2D eigenvalue weighted by atomic mass is 10.2. The molecule has 1 saturated heterocycles. The fraction of sp³-hybridized carbons (Fsp3) is 0.467. The van der Waals surface area contributed by atoms with E-state index in [4.69, 9.17) is 4.42 Å². The largest absolute Gasteiger partial charge is 0.459 e. The van der Waals surface area contributed by atoms with Crippen LogP contribution in [0.4, 0.5) is 0 Å². The van der Waals surface area contributed by atoms with Crippen molar-refractivity contribution in [2.24, 2.45) is 0 Å². The lowest BCUT2D eigenvalue weighted by Crippen LogP contribution is -2.53. The Balaban J connectivity index is 1.95. The normalized spacial score (nSPS) is 16.9. The Hall–Kier alpha value is -2.09. The van der Waals surface area contributed by atoms with Crippen LogP contribution in [0.25, 0.3) is 0 Å². The Kier molecular flexibility index (Phi) is 5.25. The molecule has 0 aliphatic carbocycles. The molecule has 1 unspecified atom stereocenters. The van der Waals surface area contributed by atoms with Gasteiger partial charge < -0.3 is 14.2 Å². The van der Waals surface area contributed by atoms with E-state index in [1.165, 1.54) is 24.2 Å². The standard InChI is InChI=1S/C15H20N2O5S/c1-3-11-23(20,21)12(2)14(18)16-6-8-17(9-7-16)15(19)13-5-4-10-22-13/h3-5,10,12H,1,6-9,11H2,2H3. The van der Waals surface area contributed by atoms with Gasteiger partial charge >= 0.3 is 0 Å². The van der Waals surface area contributed by atoms with Gasteiger partial charge in [0.05, 0.1) is 12.0 Å². The first-order valence-corrected chi connectivity index (χ1v) is 9.02. The predicted octanol–water partition coefficient (Wildman–Crippen LogP) is 0.553. The topological polar surface area (TPSA) is 87.9 Å². The van der Waals surface area contributed by atoms with Crippen molar-refractivity contribution in [1.82, 2.24) is 9.80 Å². The van der Waals surface area contributed by atoms with E-state index >= 15 is 0 Å². The van der Waals surface area contributed by atoms with Crippen molar-refractivity contribution < 1.29 is 22.4 Å². The van der Waals surface area contributed by atoms with Crippen LogP contribution in [0.15, 0.2) is 35.5 Å². The van der Waals surface area contributed by atoms with E-state index in [-0.39, 0.29) is 17.4 Å². The van der Waals surface area contributed by atoms with Gasteiger partial charge in [-0.1, -0.05) is 6.08 Å². The maximum Gasteiger partial charge on any atom is 0.289 e. The van der Waals surface area contributed by atoms with E-state index in [1.54, 1.807) is 17.0 Å². The lowest BCUT2D eigenvalue weighted by molar-refractivity contribution is -0.131. The predicted molar refractivity (Wildman–Crippen MR) is 84.6 cm³/mol. The van der Waals surface area contributed by atoms with Crippen LogP contribution in [-0.4, -0.2) is 67.2 Å². The zero-order valence-electron chi connectivity index (χ0n) is 13.0. The first kappa shape index (κ1) is 17.3. The van der Waals surface area contributed by atoms with Gasteiger partial charge in [0, 0.05) is 26.2 Å². The van der Waals surface area contributed by atoms with Gasteiger partial charge in [-0.25, -0.2) is 8.42 Å². The van der Waals surface area contributed by atoms with Crippen molar-refractivity contribution in [3.8, 4) is 0 Å². The number of furan rings is 1. The van der Waals surface area contributed by atoms with Crippen molar-refractivity contribution in [2.45, 2.75) is 12.2 Å². The summed E-state index contributed by atoms with van der Waals surface area (Å²) in [7, 11) is -3.53. The van der Waals surface area contributed by atoms with E-state index in [1.807, 2.05) is 0 Å². The van der Waals surface area contributed by atoms with Crippen LogP contribution in [0, 0.1) is 0 Å². The summed E-state index contributed by atoms with van der Waals surface area (Å²) in [6, 6.07) is 3.23. The number of piperazine rings is 1. The number of carbonyl (C=O) groups is 2. The van der Waals surface area contributed by atoms with Crippen LogP contribution in [0.5, 0.6) is 0 Å². The molecule has 2 heterocycles. The minimum Gasteiger partial charge on any atom is -0.459 e. The zero-order chi connectivity index (χ0) is 17.0. The summed E-state index contributed by atoms with van der Waals surface area (Å²) in [5, 5.41) is -1.10. The number of nitrogens with zero attached hydrogens (tertiary/aromatic N) is 2. The van der Waals surface area contributed by atoms with Crippen LogP contribution in [0.3, 0.4) is 0 Å². The molecule has 7 nitrogen and oxygen atoms in total. The summed E-state index contributed by atoms with van der Waals surface area (Å²) in [4.78, 5) is 27.5. The van der Waals surface area contributed by atoms with Crippen molar-refractivity contribution >= 4 is 21.7 Å². The number of hydrogen-bond donors (Lipinski definition) is 0. The second-order valence-corrected chi connectivity index (χ2v) is 7.72. The van der Waals surface area contributed by atoms with Crippen molar-refractivity contribution in [3.63, 3.8) is 0 Å². The molecule has 1 aliphatic rings. The van der Waals surface area contributed by atoms with Crippen molar-refractivity contribution in [2.75, 3.05) is 31.9 Å². The van der Waals surface area contributed by atoms with E-state index < -0.39 is 21.0 Å². The van der Waals surface area contributed by atoms with Gasteiger partial charge in [-0.2, -0.15) is 0 Å². The van der Waals surface area contributed by atoms with Gasteiger partial charge in [0.2, 0.25) is 5.91 Å². The zero-order valence-corrected chi connectivity index (χ0v) is 13.8. The SMILES string of the molecule is C=CCS(=O)(=O)C(C)C(=O)N1CCN(C(=O)c2ccco2)CC1. The molecule has 0 spiro atoms. The molecular weight excluding hydrogens is 320 g/mol. The Morgan fingerprint density at radius 2 is 1.91 bits per heavy atom. The van der Waals surface area contributed by atoms with E-state index in [0.29, 0.717) is 26.2 Å². The second-order valence-electron chi connectivity index (χ2n) is 5.36. The molecule has 1 atom stereocenters. The van der Waals surface area contributed by atoms with Gasteiger partial charge in [-0.05, 0) is 19.1 Å². The van der Waals surface area contributed by atoms with E-state index in [9.17, 15) is 18.0 Å². The third kappa shape index (κ3) is 3.82. The minimum absolute atomic E-state index is 0.225. The van der Waals surface area contributed by atoms with Gasteiger partial charge in [0.25, 0.3) is 5.91 Å². The second kappa shape index (κ2) is 6.99. The van der Waals surface area contributed by atoms with Gasteiger partial charge in [0.15, 0.2) is 15.6 Å². The van der Waals surface area contributed by atoms with E-state index in [2.05, 4.69) is 6.58 Å². The number of sulfone groups is 1. The molecule has 1 fully saturated rings. The third-order valence-corrected chi connectivity index (χ3v) is 5.83. The molecule has 2 rings (SSSR count). The Bertz CT molecular complexity index is 673. The Morgan fingerprint density at radius 1 is 1.30 bits per heavy atom. The van der Waals surface area contributed by atoms with Crippen LogP contribution >= 0.6 is 0 Å². The Morgan fingerprint density at radius 3 is 2.43 bits per heavy atom. The third-order valence-electron chi connectivity index (χ3n) is 3.85. The van der Waals surface area contributed by atoms with Crippen LogP contribution in [0.2, 0.25) is 0 Å². The smallest absolute Gasteiger partial charge is 0.289 e. The highest BCUT2D eigenvalue weighted by Crippen LogP contribution is 2.13. The van der Waals surface area contributed by atoms with E-state index in [0.717, 1.165) is 0 Å². The maximum atomic E-state index is 12.3. The molecule has 0 N–H and O–H groups in total. The fourth-order valence-corrected chi connectivity index (χ4v) is 3.48. The average molecular weight is 340 g/mol. The van der Waals surface area contributed by atoms with Gasteiger partial charge in [-0.15, -0.1) is 6.58 Å². The molecule has 0 aromatic carbocycles. The number of rotatable bonds is 5.